The molecule has 138 valence electrons. The summed E-state index contributed by atoms with van der Waals surface area (Å²) in [6, 6.07) is 11.9. The van der Waals surface area contributed by atoms with Gasteiger partial charge in [-0.15, -0.1) is 5.10 Å². The summed E-state index contributed by atoms with van der Waals surface area (Å²) >= 11 is 5.05. The molecule has 0 unspecified atom stereocenters. The van der Waals surface area contributed by atoms with Crippen LogP contribution in [-0.2, 0) is 0 Å². The second-order valence-corrected chi connectivity index (χ2v) is 8.52. The van der Waals surface area contributed by atoms with Gasteiger partial charge in [0.15, 0.2) is 5.76 Å². The zero-order valence-corrected chi connectivity index (χ0v) is 16.8. The molecule has 8 heteroatoms. The van der Waals surface area contributed by atoms with Crippen molar-refractivity contribution in [3.8, 4) is 17.5 Å². The summed E-state index contributed by atoms with van der Waals surface area (Å²) in [6.07, 6.45) is 3.94. The molecule has 1 aromatic carbocycles. The van der Waals surface area contributed by atoms with Crippen LogP contribution in [0.25, 0.3) is 16.5 Å². The SMILES string of the molecule is Oc1c([C@H](c2cccc(Br)c2)N2CCCC2)sc2nc(-c3ccco3)nn12. The Hall–Kier alpha value is -2.16. The van der Waals surface area contributed by atoms with Crippen LogP contribution < -0.4 is 0 Å². The van der Waals surface area contributed by atoms with Gasteiger partial charge in [0.2, 0.25) is 16.7 Å². The molecule has 0 bridgehead atoms. The van der Waals surface area contributed by atoms with Crippen molar-refractivity contribution >= 4 is 32.2 Å². The van der Waals surface area contributed by atoms with Crippen molar-refractivity contribution in [2.45, 2.75) is 18.9 Å². The molecule has 6 nitrogen and oxygen atoms in total. The molecule has 0 amide bonds. The highest BCUT2D eigenvalue weighted by molar-refractivity contribution is 9.10. The number of furan rings is 1. The van der Waals surface area contributed by atoms with Crippen molar-refractivity contribution in [2.24, 2.45) is 0 Å². The van der Waals surface area contributed by atoms with Crippen molar-refractivity contribution in [3.63, 3.8) is 0 Å². The highest BCUT2D eigenvalue weighted by Crippen LogP contribution is 2.42. The van der Waals surface area contributed by atoms with E-state index in [-0.39, 0.29) is 11.9 Å². The van der Waals surface area contributed by atoms with Crippen molar-refractivity contribution in [2.75, 3.05) is 13.1 Å². The van der Waals surface area contributed by atoms with Crippen LogP contribution in [0.3, 0.4) is 0 Å². The summed E-state index contributed by atoms with van der Waals surface area (Å²) in [6.45, 7) is 2.03. The van der Waals surface area contributed by atoms with E-state index < -0.39 is 0 Å². The lowest BCUT2D eigenvalue weighted by Gasteiger charge is -2.27. The number of fused-ring (bicyclic) bond motifs is 1. The lowest BCUT2D eigenvalue weighted by Crippen LogP contribution is -2.26. The lowest BCUT2D eigenvalue weighted by molar-refractivity contribution is 0.277. The van der Waals surface area contributed by atoms with Crippen molar-refractivity contribution < 1.29 is 9.52 Å². The molecule has 3 aromatic heterocycles. The number of rotatable bonds is 4. The van der Waals surface area contributed by atoms with Crippen LogP contribution >= 0.6 is 27.3 Å². The average molecular weight is 445 g/mol. The highest BCUT2D eigenvalue weighted by Gasteiger charge is 2.31. The Morgan fingerprint density at radius 2 is 2.04 bits per heavy atom. The van der Waals surface area contributed by atoms with Gasteiger partial charge in [0.1, 0.15) is 0 Å². The maximum absolute atomic E-state index is 11.0. The number of aromatic hydroxyl groups is 1. The van der Waals surface area contributed by atoms with Crippen LogP contribution in [0.4, 0.5) is 0 Å². The largest absolute Gasteiger partial charge is 0.492 e. The highest BCUT2D eigenvalue weighted by atomic mass is 79.9. The van der Waals surface area contributed by atoms with Crippen LogP contribution in [0.2, 0.25) is 0 Å². The van der Waals surface area contributed by atoms with Gasteiger partial charge in [-0.1, -0.05) is 39.4 Å². The summed E-state index contributed by atoms with van der Waals surface area (Å²) in [4.78, 5) is 8.49. The second kappa shape index (κ2) is 6.78. The first kappa shape index (κ1) is 17.0. The summed E-state index contributed by atoms with van der Waals surface area (Å²) in [5.41, 5.74) is 1.15. The number of nitrogens with zero attached hydrogens (tertiary/aromatic N) is 4. The molecule has 1 atom stereocenters. The van der Waals surface area contributed by atoms with Crippen molar-refractivity contribution in [1.29, 1.82) is 0 Å². The van der Waals surface area contributed by atoms with Crippen molar-refractivity contribution in [1.82, 2.24) is 19.5 Å². The zero-order valence-electron chi connectivity index (χ0n) is 14.4. The first-order valence-corrected chi connectivity index (χ1v) is 10.4. The Bertz CT molecular complexity index is 1080. The molecule has 0 spiro atoms. The average Bonchev–Trinajstić information content (AvgIpc) is 3.42. The number of aromatic nitrogens is 3. The number of hydrogen-bond donors (Lipinski definition) is 1. The monoisotopic (exact) mass is 444 g/mol. The molecule has 1 fully saturated rings. The number of likely N-dealkylation sites (tertiary alicyclic amines) is 1. The fourth-order valence-electron chi connectivity index (χ4n) is 3.64. The minimum atomic E-state index is -0.00874. The summed E-state index contributed by atoms with van der Waals surface area (Å²) < 4.78 is 7.91. The maximum Gasteiger partial charge on any atom is 0.230 e. The lowest BCUT2D eigenvalue weighted by atomic mass is 10.0. The minimum Gasteiger partial charge on any atom is -0.492 e. The molecule has 4 heterocycles. The summed E-state index contributed by atoms with van der Waals surface area (Å²) in [7, 11) is 0. The Morgan fingerprint density at radius 3 is 2.74 bits per heavy atom. The Labute approximate surface area is 168 Å². The number of benzene rings is 1. The van der Waals surface area contributed by atoms with Crippen LogP contribution in [0, 0.1) is 0 Å². The van der Waals surface area contributed by atoms with Crippen LogP contribution in [0.15, 0.2) is 51.6 Å². The van der Waals surface area contributed by atoms with E-state index in [4.69, 9.17) is 4.42 Å². The first-order valence-electron chi connectivity index (χ1n) is 8.82. The van der Waals surface area contributed by atoms with E-state index in [1.54, 1.807) is 12.3 Å². The van der Waals surface area contributed by atoms with E-state index in [9.17, 15) is 5.11 Å². The second-order valence-electron chi connectivity index (χ2n) is 6.60. The van der Waals surface area contributed by atoms with E-state index in [1.807, 2.05) is 18.2 Å². The fourth-order valence-corrected chi connectivity index (χ4v) is 5.18. The van der Waals surface area contributed by atoms with Crippen LogP contribution in [0.5, 0.6) is 5.88 Å². The van der Waals surface area contributed by atoms with E-state index in [0.717, 1.165) is 28.0 Å². The topological polar surface area (TPSA) is 66.8 Å². The molecular formula is C19H17BrN4O2S. The summed E-state index contributed by atoms with van der Waals surface area (Å²) in [5, 5.41) is 15.4. The molecule has 4 aromatic rings. The Morgan fingerprint density at radius 1 is 1.19 bits per heavy atom. The number of thiazole rings is 1. The third-order valence-corrected chi connectivity index (χ3v) is 6.43. The van der Waals surface area contributed by atoms with E-state index >= 15 is 0 Å². The molecule has 0 aliphatic carbocycles. The standard InChI is InChI=1S/C19H17BrN4O2S/c20-13-6-3-5-12(11-13)15(23-8-1-2-9-23)16-18(25)24-19(27-16)21-17(22-24)14-7-4-10-26-14/h3-7,10-11,15,25H,1-2,8-9H2/t15-/m0/s1. The van der Waals surface area contributed by atoms with E-state index in [1.165, 1.54) is 28.7 Å². The maximum atomic E-state index is 11.0. The van der Waals surface area contributed by atoms with E-state index in [0.29, 0.717) is 16.5 Å². The third kappa shape index (κ3) is 2.97. The first-order chi connectivity index (χ1) is 13.2. The van der Waals surface area contributed by atoms with Gasteiger partial charge in [0.25, 0.3) is 0 Å². The minimum absolute atomic E-state index is 0.00874. The van der Waals surface area contributed by atoms with Crippen LogP contribution in [0.1, 0.15) is 29.3 Å². The van der Waals surface area contributed by atoms with Gasteiger partial charge in [0.05, 0.1) is 17.2 Å². The summed E-state index contributed by atoms with van der Waals surface area (Å²) in [5.74, 6) is 1.22. The molecule has 27 heavy (non-hydrogen) atoms. The Kier molecular flexibility index (Phi) is 4.26. The normalized spacial score (nSPS) is 16.3. The number of halogens is 1. The molecule has 0 saturated carbocycles. The predicted octanol–water partition coefficient (Wildman–Crippen LogP) is 4.70. The van der Waals surface area contributed by atoms with Gasteiger partial charge in [-0.25, -0.2) is 0 Å². The molecule has 1 saturated heterocycles. The predicted molar refractivity (Wildman–Crippen MR) is 107 cm³/mol. The fraction of sp³-hybridized carbons (Fsp3) is 0.263. The molecular weight excluding hydrogens is 428 g/mol. The van der Waals surface area contributed by atoms with Gasteiger partial charge >= 0.3 is 0 Å². The van der Waals surface area contributed by atoms with Crippen LogP contribution in [-0.4, -0.2) is 37.7 Å². The zero-order chi connectivity index (χ0) is 18.4. The van der Waals surface area contributed by atoms with Gasteiger partial charge in [-0.3, -0.25) is 4.90 Å². The van der Waals surface area contributed by atoms with Gasteiger partial charge in [-0.05, 0) is 55.8 Å². The van der Waals surface area contributed by atoms with Gasteiger partial charge in [-0.2, -0.15) is 9.50 Å². The van der Waals surface area contributed by atoms with Gasteiger partial charge in [0, 0.05) is 4.47 Å². The third-order valence-electron chi connectivity index (χ3n) is 4.86. The molecule has 0 radical (unpaired) electrons. The quantitative estimate of drug-likeness (QED) is 0.493. The Balaban J connectivity index is 1.62. The molecule has 1 N–H and O–H groups in total. The molecule has 5 rings (SSSR count). The van der Waals surface area contributed by atoms with E-state index in [2.05, 4.69) is 43.0 Å². The molecule has 1 aliphatic rings. The van der Waals surface area contributed by atoms with Gasteiger partial charge < -0.3 is 9.52 Å². The molecule has 1 aliphatic heterocycles. The number of hydrogen-bond acceptors (Lipinski definition) is 6. The van der Waals surface area contributed by atoms with Crippen molar-refractivity contribution in [3.05, 3.63) is 57.6 Å². The smallest absolute Gasteiger partial charge is 0.230 e.